The van der Waals surface area contributed by atoms with Gasteiger partial charge in [-0.2, -0.15) is 0 Å². The SMILES string of the molecule is COc1cccc(C(=O)OCC(=O)Nc2cccc([N+](=O)[O-])c2)c1OC. The molecule has 0 radical (unpaired) electrons. The molecule has 0 fully saturated rings. The van der Waals surface area contributed by atoms with E-state index in [-0.39, 0.29) is 22.7 Å². The summed E-state index contributed by atoms with van der Waals surface area (Å²) in [6.45, 7) is -0.568. The minimum Gasteiger partial charge on any atom is -0.493 e. The minimum atomic E-state index is -0.769. The van der Waals surface area contributed by atoms with Crippen LogP contribution in [0.4, 0.5) is 11.4 Å². The van der Waals surface area contributed by atoms with Gasteiger partial charge in [-0.3, -0.25) is 14.9 Å². The number of ether oxygens (including phenoxy) is 3. The first-order valence-electron chi connectivity index (χ1n) is 7.38. The summed E-state index contributed by atoms with van der Waals surface area (Å²) in [5.41, 5.74) is 0.162. The summed E-state index contributed by atoms with van der Waals surface area (Å²) in [7, 11) is 2.81. The van der Waals surface area contributed by atoms with E-state index in [0.29, 0.717) is 5.75 Å². The van der Waals surface area contributed by atoms with Crippen molar-refractivity contribution in [3.8, 4) is 11.5 Å². The summed E-state index contributed by atoms with van der Waals surface area (Å²) in [5, 5.41) is 13.1. The van der Waals surface area contributed by atoms with E-state index in [0.717, 1.165) is 0 Å². The molecule has 0 saturated carbocycles. The van der Waals surface area contributed by atoms with Crippen LogP contribution < -0.4 is 14.8 Å². The third-order valence-electron chi connectivity index (χ3n) is 3.30. The van der Waals surface area contributed by atoms with E-state index in [1.807, 2.05) is 0 Å². The largest absolute Gasteiger partial charge is 0.493 e. The highest BCUT2D eigenvalue weighted by atomic mass is 16.6. The molecule has 0 atom stereocenters. The van der Waals surface area contributed by atoms with Gasteiger partial charge >= 0.3 is 5.97 Å². The van der Waals surface area contributed by atoms with E-state index in [1.54, 1.807) is 12.1 Å². The summed E-state index contributed by atoms with van der Waals surface area (Å²) in [4.78, 5) is 34.2. The molecule has 2 rings (SSSR count). The second kappa shape index (κ2) is 8.47. The van der Waals surface area contributed by atoms with Gasteiger partial charge in [0, 0.05) is 17.8 Å². The maximum atomic E-state index is 12.2. The second-order valence-electron chi connectivity index (χ2n) is 4.97. The Morgan fingerprint density at radius 3 is 2.50 bits per heavy atom. The number of anilines is 1. The number of hydrogen-bond donors (Lipinski definition) is 1. The van der Waals surface area contributed by atoms with Crippen LogP contribution in [0.2, 0.25) is 0 Å². The number of para-hydroxylation sites is 1. The molecular formula is C17H16N2O7. The average Bonchev–Trinajstić information content (AvgIpc) is 2.65. The molecule has 9 heteroatoms. The average molecular weight is 360 g/mol. The van der Waals surface area contributed by atoms with Crippen molar-refractivity contribution in [1.82, 2.24) is 0 Å². The predicted molar refractivity (Wildman–Crippen MR) is 91.6 cm³/mol. The van der Waals surface area contributed by atoms with E-state index in [9.17, 15) is 19.7 Å². The van der Waals surface area contributed by atoms with Gasteiger partial charge in [-0.15, -0.1) is 0 Å². The van der Waals surface area contributed by atoms with Gasteiger partial charge in [0.1, 0.15) is 5.56 Å². The van der Waals surface area contributed by atoms with E-state index in [2.05, 4.69) is 5.32 Å². The van der Waals surface area contributed by atoms with Crippen molar-refractivity contribution in [1.29, 1.82) is 0 Å². The lowest BCUT2D eigenvalue weighted by Gasteiger charge is -2.12. The normalized spacial score (nSPS) is 9.92. The third-order valence-corrected chi connectivity index (χ3v) is 3.30. The highest BCUT2D eigenvalue weighted by molar-refractivity contribution is 5.97. The molecule has 0 aromatic heterocycles. The zero-order valence-corrected chi connectivity index (χ0v) is 14.1. The number of nitrogens with one attached hydrogen (secondary N) is 1. The van der Waals surface area contributed by atoms with Crippen molar-refractivity contribution in [2.24, 2.45) is 0 Å². The lowest BCUT2D eigenvalue weighted by Crippen LogP contribution is -2.21. The first kappa shape index (κ1) is 18.7. The molecule has 9 nitrogen and oxygen atoms in total. The van der Waals surface area contributed by atoms with Crippen LogP contribution in [-0.2, 0) is 9.53 Å². The first-order chi connectivity index (χ1) is 12.5. The number of nitro groups is 1. The second-order valence-corrected chi connectivity index (χ2v) is 4.97. The van der Waals surface area contributed by atoms with E-state index >= 15 is 0 Å². The lowest BCUT2D eigenvalue weighted by molar-refractivity contribution is -0.384. The number of hydrogen-bond acceptors (Lipinski definition) is 7. The van der Waals surface area contributed by atoms with Crippen molar-refractivity contribution in [3.05, 3.63) is 58.1 Å². The van der Waals surface area contributed by atoms with Gasteiger partial charge in [-0.1, -0.05) is 12.1 Å². The van der Waals surface area contributed by atoms with Gasteiger partial charge in [0.15, 0.2) is 18.1 Å². The number of rotatable bonds is 7. The summed E-state index contributed by atoms with van der Waals surface area (Å²) in [5.74, 6) is -0.863. The molecule has 136 valence electrons. The monoisotopic (exact) mass is 360 g/mol. The number of carbonyl (C=O) groups excluding carboxylic acids is 2. The Morgan fingerprint density at radius 1 is 1.12 bits per heavy atom. The number of nitro benzene ring substituents is 1. The maximum Gasteiger partial charge on any atom is 0.342 e. The molecular weight excluding hydrogens is 344 g/mol. The van der Waals surface area contributed by atoms with Crippen molar-refractivity contribution in [3.63, 3.8) is 0 Å². The molecule has 1 N–H and O–H groups in total. The predicted octanol–water partition coefficient (Wildman–Crippen LogP) is 2.41. The lowest BCUT2D eigenvalue weighted by atomic mass is 10.2. The molecule has 0 aliphatic heterocycles. The Labute approximate surface area is 148 Å². The summed E-state index contributed by atoms with van der Waals surface area (Å²) < 4.78 is 15.2. The summed E-state index contributed by atoms with van der Waals surface area (Å²) in [6.07, 6.45) is 0. The fourth-order valence-electron chi connectivity index (χ4n) is 2.15. The van der Waals surface area contributed by atoms with Crippen LogP contribution >= 0.6 is 0 Å². The van der Waals surface area contributed by atoms with Crippen LogP contribution in [0.5, 0.6) is 11.5 Å². The van der Waals surface area contributed by atoms with Crippen molar-refractivity contribution in [2.75, 3.05) is 26.1 Å². The number of nitrogens with zero attached hydrogens (tertiary/aromatic N) is 1. The molecule has 0 saturated heterocycles. The number of benzene rings is 2. The Hall–Kier alpha value is -3.62. The van der Waals surface area contributed by atoms with E-state index in [1.165, 1.54) is 44.6 Å². The number of amides is 1. The number of esters is 1. The zero-order valence-electron chi connectivity index (χ0n) is 14.1. The zero-order chi connectivity index (χ0) is 19.1. The summed E-state index contributed by atoms with van der Waals surface area (Å²) in [6, 6.07) is 10.1. The number of methoxy groups -OCH3 is 2. The van der Waals surface area contributed by atoms with Crippen LogP contribution in [0, 0.1) is 10.1 Å². The van der Waals surface area contributed by atoms with Crippen LogP contribution in [0.3, 0.4) is 0 Å². The van der Waals surface area contributed by atoms with Gasteiger partial charge in [-0.05, 0) is 18.2 Å². The number of non-ortho nitro benzene ring substituents is 1. The molecule has 1 amide bonds. The van der Waals surface area contributed by atoms with Gasteiger partial charge in [0.2, 0.25) is 0 Å². The van der Waals surface area contributed by atoms with Crippen LogP contribution in [0.1, 0.15) is 10.4 Å². The molecule has 0 bridgehead atoms. The fraction of sp³-hybridized carbons (Fsp3) is 0.176. The number of carbonyl (C=O) groups is 2. The molecule has 0 aliphatic rings. The quantitative estimate of drug-likeness (QED) is 0.458. The molecule has 2 aromatic rings. The Morgan fingerprint density at radius 2 is 1.85 bits per heavy atom. The molecule has 0 unspecified atom stereocenters. The van der Waals surface area contributed by atoms with Crippen molar-refractivity contribution < 1.29 is 28.7 Å². The molecule has 0 aliphatic carbocycles. The topological polar surface area (TPSA) is 117 Å². The van der Waals surface area contributed by atoms with Crippen molar-refractivity contribution >= 4 is 23.3 Å². The van der Waals surface area contributed by atoms with Gasteiger partial charge in [0.05, 0.1) is 19.1 Å². The minimum absolute atomic E-state index is 0.106. The smallest absolute Gasteiger partial charge is 0.342 e. The van der Waals surface area contributed by atoms with Gasteiger partial charge in [0.25, 0.3) is 11.6 Å². The third kappa shape index (κ3) is 4.47. The van der Waals surface area contributed by atoms with E-state index in [4.69, 9.17) is 14.2 Å². The van der Waals surface area contributed by atoms with Crippen LogP contribution in [0.15, 0.2) is 42.5 Å². The maximum absolute atomic E-state index is 12.2. The summed E-state index contributed by atoms with van der Waals surface area (Å²) >= 11 is 0. The first-order valence-corrected chi connectivity index (χ1v) is 7.38. The highest BCUT2D eigenvalue weighted by Crippen LogP contribution is 2.31. The van der Waals surface area contributed by atoms with E-state index < -0.39 is 23.4 Å². The Balaban J connectivity index is 2.00. The highest BCUT2D eigenvalue weighted by Gasteiger charge is 2.19. The molecule has 2 aromatic carbocycles. The van der Waals surface area contributed by atoms with Gasteiger partial charge < -0.3 is 19.5 Å². The Kier molecular flexibility index (Phi) is 6.10. The fourth-order valence-corrected chi connectivity index (χ4v) is 2.15. The van der Waals surface area contributed by atoms with Crippen molar-refractivity contribution in [2.45, 2.75) is 0 Å². The molecule has 26 heavy (non-hydrogen) atoms. The van der Waals surface area contributed by atoms with Crippen LogP contribution in [0.25, 0.3) is 0 Å². The standard InChI is InChI=1S/C17H16N2O7/c1-24-14-8-4-7-13(16(14)25-2)17(21)26-10-15(20)18-11-5-3-6-12(9-11)19(22)23/h3-9H,10H2,1-2H3,(H,18,20). The molecule has 0 spiro atoms. The Bertz CT molecular complexity index is 836. The van der Waals surface area contributed by atoms with Gasteiger partial charge in [-0.25, -0.2) is 4.79 Å². The van der Waals surface area contributed by atoms with Crippen LogP contribution in [-0.4, -0.2) is 37.6 Å². The molecule has 0 heterocycles.